The number of hydrogen-bond donors (Lipinski definition) is 1. The number of nitrogens with one attached hydrogen (secondary N) is 1. The summed E-state index contributed by atoms with van der Waals surface area (Å²) in [5, 5.41) is 3.04. The van der Waals surface area contributed by atoms with Crippen LogP contribution < -0.4 is 9.62 Å². The lowest BCUT2D eigenvalue weighted by atomic mass is 9.95. The van der Waals surface area contributed by atoms with Gasteiger partial charge in [-0.25, -0.2) is 8.42 Å². The fourth-order valence-electron chi connectivity index (χ4n) is 4.92. The lowest BCUT2D eigenvalue weighted by molar-refractivity contribution is -0.120. The normalized spacial score (nSPS) is 25.9. The Morgan fingerprint density at radius 2 is 1.83 bits per heavy atom. The van der Waals surface area contributed by atoms with Crippen molar-refractivity contribution in [3.05, 3.63) is 29.8 Å². The SMILES string of the molecule is CS(=O)(=O)N(CC(=O)NC1CC2CCC1C2)c1ccc(C(=O)N2CCOCC2)cc1. The van der Waals surface area contributed by atoms with Gasteiger partial charge in [-0.15, -0.1) is 0 Å². The van der Waals surface area contributed by atoms with Crippen LogP contribution >= 0.6 is 0 Å². The summed E-state index contributed by atoms with van der Waals surface area (Å²) >= 11 is 0. The summed E-state index contributed by atoms with van der Waals surface area (Å²) in [6, 6.07) is 6.54. The molecule has 164 valence electrons. The molecule has 30 heavy (non-hydrogen) atoms. The van der Waals surface area contributed by atoms with E-state index in [1.54, 1.807) is 29.2 Å². The zero-order valence-electron chi connectivity index (χ0n) is 17.2. The van der Waals surface area contributed by atoms with E-state index in [0.29, 0.717) is 49.4 Å². The quantitative estimate of drug-likeness (QED) is 0.725. The molecule has 4 rings (SSSR count). The van der Waals surface area contributed by atoms with Crippen LogP contribution in [0.2, 0.25) is 0 Å². The minimum absolute atomic E-state index is 0.107. The molecule has 1 aromatic rings. The zero-order valence-corrected chi connectivity index (χ0v) is 18.1. The highest BCUT2D eigenvalue weighted by Crippen LogP contribution is 2.44. The smallest absolute Gasteiger partial charge is 0.254 e. The number of sulfonamides is 1. The second kappa shape index (κ2) is 8.55. The number of nitrogens with zero attached hydrogens (tertiary/aromatic N) is 2. The van der Waals surface area contributed by atoms with Gasteiger partial charge in [0.1, 0.15) is 6.54 Å². The number of carbonyl (C=O) groups is 2. The lowest BCUT2D eigenvalue weighted by Crippen LogP contribution is -2.45. The highest BCUT2D eigenvalue weighted by Gasteiger charge is 2.40. The topological polar surface area (TPSA) is 96.0 Å². The largest absolute Gasteiger partial charge is 0.378 e. The fraction of sp³-hybridized carbons (Fsp3) is 0.619. The van der Waals surface area contributed by atoms with Crippen LogP contribution in [0.1, 0.15) is 36.0 Å². The molecule has 8 nitrogen and oxygen atoms in total. The van der Waals surface area contributed by atoms with E-state index in [1.807, 2.05) is 0 Å². The molecular weight excluding hydrogens is 406 g/mol. The Morgan fingerprint density at radius 1 is 1.13 bits per heavy atom. The van der Waals surface area contributed by atoms with E-state index in [0.717, 1.165) is 23.4 Å². The monoisotopic (exact) mass is 435 g/mol. The molecule has 3 unspecified atom stereocenters. The summed E-state index contributed by atoms with van der Waals surface area (Å²) in [6.45, 7) is 1.86. The minimum Gasteiger partial charge on any atom is -0.378 e. The van der Waals surface area contributed by atoms with E-state index < -0.39 is 10.0 Å². The molecule has 0 radical (unpaired) electrons. The number of rotatable bonds is 6. The van der Waals surface area contributed by atoms with Crippen LogP contribution in [0.4, 0.5) is 5.69 Å². The van der Waals surface area contributed by atoms with Gasteiger partial charge in [0, 0.05) is 24.7 Å². The van der Waals surface area contributed by atoms with Crippen molar-refractivity contribution in [3.8, 4) is 0 Å². The van der Waals surface area contributed by atoms with Gasteiger partial charge in [-0.3, -0.25) is 13.9 Å². The number of anilines is 1. The van der Waals surface area contributed by atoms with Crippen molar-refractivity contribution in [2.45, 2.75) is 31.7 Å². The van der Waals surface area contributed by atoms with Gasteiger partial charge in [-0.1, -0.05) is 6.42 Å². The Kier molecular flexibility index (Phi) is 6.02. The number of carbonyl (C=O) groups excluding carboxylic acids is 2. The molecule has 1 aliphatic heterocycles. The first kappa shape index (κ1) is 21.1. The van der Waals surface area contributed by atoms with E-state index in [-0.39, 0.29) is 24.4 Å². The molecule has 3 fully saturated rings. The van der Waals surface area contributed by atoms with Crippen LogP contribution in [0.3, 0.4) is 0 Å². The van der Waals surface area contributed by atoms with Crippen LogP contribution in [0.5, 0.6) is 0 Å². The predicted molar refractivity (Wildman–Crippen MR) is 113 cm³/mol. The standard InChI is InChI=1S/C21H29N3O5S/c1-30(27,28)24(14-20(25)22-19-13-15-2-3-17(19)12-15)18-6-4-16(5-7-18)21(26)23-8-10-29-11-9-23/h4-7,15,17,19H,2-3,8-14H2,1H3,(H,22,25). The van der Waals surface area contributed by atoms with Gasteiger partial charge in [-0.05, 0) is 55.4 Å². The molecule has 3 aliphatic rings. The van der Waals surface area contributed by atoms with Gasteiger partial charge >= 0.3 is 0 Å². The van der Waals surface area contributed by atoms with Crippen molar-refractivity contribution < 1.29 is 22.7 Å². The van der Waals surface area contributed by atoms with E-state index in [9.17, 15) is 18.0 Å². The fourth-order valence-corrected chi connectivity index (χ4v) is 5.78. The number of hydrogen-bond acceptors (Lipinski definition) is 5. The molecule has 1 N–H and O–H groups in total. The molecule has 2 amide bonds. The van der Waals surface area contributed by atoms with Crippen molar-refractivity contribution in [3.63, 3.8) is 0 Å². The molecular formula is C21H29N3O5S. The van der Waals surface area contributed by atoms with Gasteiger partial charge in [0.2, 0.25) is 15.9 Å². The van der Waals surface area contributed by atoms with Crippen molar-refractivity contribution >= 4 is 27.5 Å². The highest BCUT2D eigenvalue weighted by atomic mass is 32.2. The third-order valence-corrected chi connectivity index (χ3v) is 7.61. The van der Waals surface area contributed by atoms with Crippen LogP contribution in [0.25, 0.3) is 0 Å². The first-order chi connectivity index (χ1) is 14.3. The molecule has 1 heterocycles. The van der Waals surface area contributed by atoms with Crippen LogP contribution in [0, 0.1) is 11.8 Å². The van der Waals surface area contributed by atoms with Crippen LogP contribution in [-0.2, 0) is 19.6 Å². The van der Waals surface area contributed by atoms with E-state index >= 15 is 0 Å². The average Bonchev–Trinajstić information content (AvgIpc) is 3.35. The van der Waals surface area contributed by atoms with Crippen molar-refractivity contribution in [1.82, 2.24) is 10.2 Å². The summed E-state index contributed by atoms with van der Waals surface area (Å²) in [4.78, 5) is 26.9. The van der Waals surface area contributed by atoms with Gasteiger partial charge in [-0.2, -0.15) is 0 Å². The second-order valence-electron chi connectivity index (χ2n) is 8.57. The van der Waals surface area contributed by atoms with Gasteiger partial charge < -0.3 is 15.0 Å². The Bertz CT molecular complexity index is 896. The first-order valence-electron chi connectivity index (χ1n) is 10.6. The maximum atomic E-state index is 12.6. The Morgan fingerprint density at radius 3 is 2.40 bits per heavy atom. The Labute approximate surface area is 177 Å². The number of ether oxygens (including phenoxy) is 1. The Hall–Kier alpha value is -2.13. The molecule has 0 spiro atoms. The summed E-state index contributed by atoms with van der Waals surface area (Å²) < 4.78 is 31.1. The second-order valence-corrected chi connectivity index (χ2v) is 10.5. The van der Waals surface area contributed by atoms with Crippen molar-refractivity contribution in [1.29, 1.82) is 0 Å². The van der Waals surface area contributed by atoms with Crippen LogP contribution in [0.15, 0.2) is 24.3 Å². The molecule has 9 heteroatoms. The third-order valence-electron chi connectivity index (χ3n) is 6.47. The van der Waals surface area contributed by atoms with Gasteiger partial charge in [0.25, 0.3) is 5.91 Å². The van der Waals surface area contributed by atoms with E-state index in [4.69, 9.17) is 4.74 Å². The van der Waals surface area contributed by atoms with Crippen molar-refractivity contribution in [2.24, 2.45) is 11.8 Å². The molecule has 2 bridgehead atoms. The van der Waals surface area contributed by atoms with Crippen LogP contribution in [-0.4, -0.2) is 70.3 Å². The summed E-state index contributed by atoms with van der Waals surface area (Å²) in [7, 11) is -3.65. The number of fused-ring (bicyclic) bond motifs is 2. The third kappa shape index (κ3) is 4.62. The number of amides is 2. The summed E-state index contributed by atoms with van der Waals surface area (Å²) in [5.74, 6) is 0.829. The lowest BCUT2D eigenvalue weighted by Gasteiger charge is -2.27. The highest BCUT2D eigenvalue weighted by molar-refractivity contribution is 7.92. The maximum absolute atomic E-state index is 12.6. The summed E-state index contributed by atoms with van der Waals surface area (Å²) in [5.41, 5.74) is 0.861. The first-order valence-corrected chi connectivity index (χ1v) is 12.4. The molecule has 1 aromatic carbocycles. The number of benzene rings is 1. The van der Waals surface area contributed by atoms with E-state index in [2.05, 4.69) is 5.32 Å². The zero-order chi connectivity index (χ0) is 21.3. The molecule has 2 aliphatic carbocycles. The molecule has 2 saturated carbocycles. The maximum Gasteiger partial charge on any atom is 0.254 e. The Balaban J connectivity index is 1.43. The van der Waals surface area contributed by atoms with E-state index in [1.165, 1.54) is 12.8 Å². The molecule has 0 aromatic heterocycles. The molecule has 3 atom stereocenters. The average molecular weight is 436 g/mol. The minimum atomic E-state index is -3.65. The van der Waals surface area contributed by atoms with Gasteiger partial charge in [0.05, 0.1) is 25.2 Å². The molecule has 1 saturated heterocycles. The predicted octanol–water partition coefficient (Wildman–Crippen LogP) is 1.23. The summed E-state index contributed by atoms with van der Waals surface area (Å²) in [6.07, 6.45) is 5.63. The number of morpholine rings is 1. The van der Waals surface area contributed by atoms with Gasteiger partial charge in [0.15, 0.2) is 0 Å². The van der Waals surface area contributed by atoms with Crippen molar-refractivity contribution in [2.75, 3.05) is 43.4 Å².